The Labute approximate surface area is 70.8 Å². The van der Waals surface area contributed by atoms with Gasteiger partial charge in [0.1, 0.15) is 5.76 Å². The smallest absolute Gasteiger partial charge is 0.180 e. The third kappa shape index (κ3) is 1.65. The van der Waals surface area contributed by atoms with E-state index < -0.39 is 0 Å². The lowest BCUT2D eigenvalue weighted by Gasteiger charge is -2.11. The van der Waals surface area contributed by atoms with Crippen LogP contribution in [0.2, 0.25) is 0 Å². The molecule has 0 amide bonds. The highest BCUT2D eigenvalue weighted by Gasteiger charge is 2.20. The highest BCUT2D eigenvalue weighted by Crippen LogP contribution is 2.12. The summed E-state index contributed by atoms with van der Waals surface area (Å²) in [5.74, 6) is 0.865. The maximum atomic E-state index is 9.24. The Balaban J connectivity index is 1.88. The molecular weight excluding hydrogens is 156 g/mol. The standard InChI is InChI=1S/C8H12N2O2/c11-7-1-2-10(4-7)5-8-3-9-6-12-8/h3,6-7,11H,1-2,4-5H2. The Kier molecular flexibility index (Phi) is 2.10. The molecule has 0 spiro atoms. The molecule has 1 N–H and O–H groups in total. The van der Waals surface area contributed by atoms with Crippen molar-refractivity contribution >= 4 is 0 Å². The van der Waals surface area contributed by atoms with Crippen LogP contribution in [0.4, 0.5) is 0 Å². The van der Waals surface area contributed by atoms with Gasteiger partial charge < -0.3 is 9.52 Å². The first kappa shape index (κ1) is 7.76. The molecule has 1 aliphatic heterocycles. The first-order valence-electron chi connectivity index (χ1n) is 4.12. The third-order valence-electron chi connectivity index (χ3n) is 2.11. The summed E-state index contributed by atoms with van der Waals surface area (Å²) in [6.45, 7) is 2.46. The minimum absolute atomic E-state index is 0.159. The average Bonchev–Trinajstić information content (AvgIpc) is 2.63. The zero-order valence-corrected chi connectivity index (χ0v) is 6.81. The van der Waals surface area contributed by atoms with Gasteiger partial charge >= 0.3 is 0 Å². The largest absolute Gasteiger partial charge is 0.447 e. The summed E-state index contributed by atoms with van der Waals surface area (Å²) in [7, 11) is 0. The van der Waals surface area contributed by atoms with Crippen molar-refractivity contribution in [1.82, 2.24) is 9.88 Å². The van der Waals surface area contributed by atoms with E-state index in [-0.39, 0.29) is 6.10 Å². The van der Waals surface area contributed by atoms with Gasteiger partial charge in [0.05, 0.1) is 18.8 Å². The Morgan fingerprint density at radius 1 is 1.75 bits per heavy atom. The van der Waals surface area contributed by atoms with Gasteiger partial charge in [-0.25, -0.2) is 4.98 Å². The van der Waals surface area contributed by atoms with Crippen LogP contribution in [0.5, 0.6) is 0 Å². The van der Waals surface area contributed by atoms with Crippen molar-refractivity contribution < 1.29 is 9.52 Å². The quantitative estimate of drug-likeness (QED) is 0.687. The molecule has 1 aromatic rings. The monoisotopic (exact) mass is 168 g/mol. The minimum Gasteiger partial charge on any atom is -0.447 e. The summed E-state index contributed by atoms with van der Waals surface area (Å²) in [5.41, 5.74) is 0. The second-order valence-corrected chi connectivity index (χ2v) is 3.15. The molecule has 1 unspecified atom stereocenters. The van der Waals surface area contributed by atoms with E-state index >= 15 is 0 Å². The van der Waals surface area contributed by atoms with Crippen LogP contribution >= 0.6 is 0 Å². The number of aromatic nitrogens is 1. The van der Waals surface area contributed by atoms with Gasteiger partial charge in [-0.2, -0.15) is 0 Å². The molecule has 66 valence electrons. The molecule has 0 aliphatic carbocycles. The molecule has 0 radical (unpaired) electrons. The summed E-state index contributed by atoms with van der Waals surface area (Å²) in [5, 5.41) is 9.24. The molecule has 1 atom stereocenters. The molecule has 1 aromatic heterocycles. The predicted molar refractivity (Wildman–Crippen MR) is 42.4 cm³/mol. The zero-order chi connectivity index (χ0) is 8.39. The first-order valence-corrected chi connectivity index (χ1v) is 4.12. The Morgan fingerprint density at radius 2 is 2.67 bits per heavy atom. The van der Waals surface area contributed by atoms with Crippen LogP contribution in [0.3, 0.4) is 0 Å². The number of rotatable bonds is 2. The number of oxazole rings is 1. The maximum Gasteiger partial charge on any atom is 0.180 e. The van der Waals surface area contributed by atoms with Crippen LogP contribution in [-0.2, 0) is 6.54 Å². The summed E-state index contributed by atoms with van der Waals surface area (Å²) < 4.78 is 5.10. The number of aliphatic hydroxyl groups is 1. The van der Waals surface area contributed by atoms with Crippen molar-refractivity contribution in [2.24, 2.45) is 0 Å². The number of likely N-dealkylation sites (tertiary alicyclic amines) is 1. The number of hydrogen-bond acceptors (Lipinski definition) is 4. The number of aliphatic hydroxyl groups excluding tert-OH is 1. The molecule has 1 aliphatic rings. The van der Waals surface area contributed by atoms with Crippen LogP contribution in [0.15, 0.2) is 17.0 Å². The minimum atomic E-state index is -0.159. The molecule has 4 heteroatoms. The van der Waals surface area contributed by atoms with Crippen LogP contribution in [0, 0.1) is 0 Å². The average molecular weight is 168 g/mol. The van der Waals surface area contributed by atoms with Crippen molar-refractivity contribution in [2.75, 3.05) is 13.1 Å². The number of nitrogens with zero attached hydrogens (tertiary/aromatic N) is 2. The van der Waals surface area contributed by atoms with Gasteiger partial charge in [-0.05, 0) is 6.42 Å². The molecule has 4 nitrogen and oxygen atoms in total. The Bertz CT molecular complexity index is 235. The zero-order valence-electron chi connectivity index (χ0n) is 6.81. The topological polar surface area (TPSA) is 49.5 Å². The Morgan fingerprint density at radius 3 is 3.25 bits per heavy atom. The van der Waals surface area contributed by atoms with E-state index in [1.807, 2.05) is 0 Å². The molecule has 1 saturated heterocycles. The number of hydrogen-bond donors (Lipinski definition) is 1. The normalized spacial score (nSPS) is 24.9. The summed E-state index contributed by atoms with van der Waals surface area (Å²) in [6, 6.07) is 0. The van der Waals surface area contributed by atoms with E-state index in [1.165, 1.54) is 6.39 Å². The fourth-order valence-electron chi connectivity index (χ4n) is 1.50. The predicted octanol–water partition coefficient (Wildman–Crippen LogP) is 0.241. The van der Waals surface area contributed by atoms with Crippen molar-refractivity contribution in [1.29, 1.82) is 0 Å². The summed E-state index contributed by atoms with van der Waals surface area (Å²) in [6.07, 6.45) is 3.86. The Hall–Kier alpha value is -0.870. The maximum absolute atomic E-state index is 9.24. The number of β-amino-alcohol motifs (C(OH)–C–C–N with tert-alkyl or cyclic N) is 1. The van der Waals surface area contributed by atoms with Gasteiger partial charge in [-0.15, -0.1) is 0 Å². The van der Waals surface area contributed by atoms with Gasteiger partial charge in [-0.1, -0.05) is 0 Å². The first-order chi connectivity index (χ1) is 5.84. The molecule has 0 bridgehead atoms. The fourth-order valence-corrected chi connectivity index (χ4v) is 1.50. The van der Waals surface area contributed by atoms with Gasteiger partial charge in [0.25, 0.3) is 0 Å². The molecular formula is C8H12N2O2. The van der Waals surface area contributed by atoms with Crippen molar-refractivity contribution in [2.45, 2.75) is 19.1 Å². The molecule has 12 heavy (non-hydrogen) atoms. The highest BCUT2D eigenvalue weighted by molar-refractivity contribution is 4.89. The van der Waals surface area contributed by atoms with Gasteiger partial charge in [0.15, 0.2) is 6.39 Å². The summed E-state index contributed by atoms with van der Waals surface area (Å²) in [4.78, 5) is 5.99. The van der Waals surface area contributed by atoms with Crippen molar-refractivity contribution in [3.05, 3.63) is 18.4 Å². The molecule has 0 saturated carbocycles. The molecule has 2 rings (SSSR count). The SMILES string of the molecule is OC1CCN(Cc2cnco2)C1. The second-order valence-electron chi connectivity index (χ2n) is 3.15. The lowest BCUT2D eigenvalue weighted by atomic mass is 10.3. The highest BCUT2D eigenvalue weighted by atomic mass is 16.3. The van der Waals surface area contributed by atoms with Crippen molar-refractivity contribution in [3.63, 3.8) is 0 Å². The van der Waals surface area contributed by atoms with Crippen molar-refractivity contribution in [3.8, 4) is 0 Å². The fraction of sp³-hybridized carbons (Fsp3) is 0.625. The van der Waals surface area contributed by atoms with Gasteiger partial charge in [0.2, 0.25) is 0 Å². The van der Waals surface area contributed by atoms with Crippen LogP contribution < -0.4 is 0 Å². The van der Waals surface area contributed by atoms with Crippen LogP contribution in [-0.4, -0.2) is 34.2 Å². The van der Waals surface area contributed by atoms with E-state index in [4.69, 9.17) is 4.42 Å². The van der Waals surface area contributed by atoms with E-state index in [9.17, 15) is 5.11 Å². The van der Waals surface area contributed by atoms with E-state index in [2.05, 4.69) is 9.88 Å². The molecule has 2 heterocycles. The third-order valence-corrected chi connectivity index (χ3v) is 2.11. The van der Waals surface area contributed by atoms with Crippen LogP contribution in [0.1, 0.15) is 12.2 Å². The lowest BCUT2D eigenvalue weighted by Crippen LogP contribution is -2.21. The van der Waals surface area contributed by atoms with Crippen LogP contribution in [0.25, 0.3) is 0 Å². The summed E-state index contributed by atoms with van der Waals surface area (Å²) >= 11 is 0. The van der Waals surface area contributed by atoms with Gasteiger partial charge in [0, 0.05) is 13.1 Å². The van der Waals surface area contributed by atoms with E-state index in [0.29, 0.717) is 0 Å². The van der Waals surface area contributed by atoms with Gasteiger partial charge in [-0.3, -0.25) is 4.90 Å². The molecule has 1 fully saturated rings. The van der Waals surface area contributed by atoms with E-state index in [1.54, 1.807) is 6.20 Å². The molecule has 0 aromatic carbocycles. The second kappa shape index (κ2) is 3.25. The lowest BCUT2D eigenvalue weighted by molar-refractivity contribution is 0.172. The van der Waals surface area contributed by atoms with E-state index in [0.717, 1.165) is 31.8 Å².